The molecule has 0 saturated carbocycles. The molecule has 0 heterocycles. The Kier molecular flexibility index (Phi) is 6.95. The average Bonchev–Trinajstić information content (AvgIpc) is 2.43. The molecule has 0 spiro atoms. The molecule has 0 radical (unpaired) electrons. The van der Waals surface area contributed by atoms with Gasteiger partial charge < -0.3 is 9.47 Å². The summed E-state index contributed by atoms with van der Waals surface area (Å²) in [4.78, 5) is 22.4. The lowest BCUT2D eigenvalue weighted by Gasteiger charge is -2.04. The van der Waals surface area contributed by atoms with Crippen LogP contribution in [0, 0.1) is 11.6 Å². The molecule has 0 bridgehead atoms. The molecule has 0 aliphatic rings. The summed E-state index contributed by atoms with van der Waals surface area (Å²) in [5.74, 6) is -2.62. The maximum atomic E-state index is 12.9. The Morgan fingerprint density at radius 2 is 1.73 bits per heavy atom. The van der Waals surface area contributed by atoms with E-state index in [0.717, 1.165) is 24.3 Å². The minimum atomic E-state index is -0.729. The quantitative estimate of drug-likeness (QED) is 0.441. The van der Waals surface area contributed by atoms with E-state index < -0.39 is 23.6 Å². The van der Waals surface area contributed by atoms with Crippen molar-refractivity contribution in [3.8, 4) is 0 Å². The first-order valence-corrected chi connectivity index (χ1v) is 6.52. The molecule has 22 heavy (non-hydrogen) atoms. The largest absolute Gasteiger partial charge is 0.462 e. The van der Waals surface area contributed by atoms with Crippen LogP contribution in [0.4, 0.5) is 8.78 Å². The number of carbonyl (C=O) groups is 2. The molecule has 118 valence electrons. The van der Waals surface area contributed by atoms with E-state index in [1.54, 1.807) is 0 Å². The number of hydrogen-bond acceptors (Lipinski definition) is 4. The summed E-state index contributed by atoms with van der Waals surface area (Å²) in [6.07, 6.45) is 2.65. The van der Waals surface area contributed by atoms with Crippen LogP contribution in [-0.2, 0) is 19.1 Å². The van der Waals surface area contributed by atoms with Crippen LogP contribution in [0.2, 0.25) is 0 Å². The molecular formula is C16H16F2O4. The van der Waals surface area contributed by atoms with Gasteiger partial charge in [-0.25, -0.2) is 18.4 Å². The molecule has 1 aromatic carbocycles. The number of halogens is 2. The molecule has 0 saturated heterocycles. The van der Waals surface area contributed by atoms with Gasteiger partial charge >= 0.3 is 11.9 Å². The van der Waals surface area contributed by atoms with Crippen LogP contribution in [0.25, 0.3) is 6.08 Å². The van der Waals surface area contributed by atoms with Crippen molar-refractivity contribution in [1.29, 1.82) is 0 Å². The second-order valence-corrected chi connectivity index (χ2v) is 4.47. The molecule has 6 heteroatoms. The predicted molar refractivity (Wildman–Crippen MR) is 76.7 cm³/mol. The molecular weight excluding hydrogens is 294 g/mol. The van der Waals surface area contributed by atoms with Gasteiger partial charge in [-0.3, -0.25) is 0 Å². The summed E-state index contributed by atoms with van der Waals surface area (Å²) in [5, 5.41) is 0. The lowest BCUT2D eigenvalue weighted by Crippen LogP contribution is -2.09. The van der Waals surface area contributed by atoms with Crippen molar-refractivity contribution < 1.29 is 27.8 Å². The van der Waals surface area contributed by atoms with Crippen LogP contribution < -0.4 is 0 Å². The summed E-state index contributed by atoms with van der Waals surface area (Å²) in [7, 11) is 0. The number of esters is 2. The first kappa shape index (κ1) is 17.6. The van der Waals surface area contributed by atoms with Crippen LogP contribution in [0.1, 0.15) is 18.9 Å². The highest BCUT2D eigenvalue weighted by atomic mass is 19.1. The Hall–Kier alpha value is -2.50. The van der Waals surface area contributed by atoms with Gasteiger partial charge in [-0.2, -0.15) is 0 Å². The fraction of sp³-hybridized carbons (Fsp3) is 0.250. The van der Waals surface area contributed by atoms with E-state index in [1.165, 1.54) is 13.0 Å². The maximum absolute atomic E-state index is 12.9. The van der Waals surface area contributed by atoms with Crippen molar-refractivity contribution in [2.75, 3.05) is 13.2 Å². The summed E-state index contributed by atoms with van der Waals surface area (Å²) < 4.78 is 35.5. The van der Waals surface area contributed by atoms with Gasteiger partial charge in [-0.1, -0.05) is 6.58 Å². The van der Waals surface area contributed by atoms with E-state index in [4.69, 9.17) is 9.47 Å². The van der Waals surface area contributed by atoms with Gasteiger partial charge in [0, 0.05) is 24.1 Å². The molecule has 0 N–H and O–H groups in total. The van der Waals surface area contributed by atoms with Crippen LogP contribution in [0.15, 0.2) is 36.4 Å². The van der Waals surface area contributed by atoms with Gasteiger partial charge in [0.2, 0.25) is 0 Å². The number of ether oxygens (including phenoxy) is 2. The number of hydrogen-bond donors (Lipinski definition) is 0. The molecule has 1 rings (SSSR count). The Bertz CT molecular complexity index is 574. The Labute approximate surface area is 127 Å². The highest BCUT2D eigenvalue weighted by Crippen LogP contribution is 2.09. The average molecular weight is 310 g/mol. The topological polar surface area (TPSA) is 52.6 Å². The fourth-order valence-electron chi connectivity index (χ4n) is 1.40. The molecule has 0 aromatic heterocycles. The zero-order chi connectivity index (χ0) is 16.5. The van der Waals surface area contributed by atoms with Crippen LogP contribution >= 0.6 is 0 Å². The fourth-order valence-corrected chi connectivity index (χ4v) is 1.40. The first-order valence-electron chi connectivity index (χ1n) is 6.52. The summed E-state index contributed by atoms with van der Waals surface area (Å²) in [6, 6.07) is 2.91. The summed E-state index contributed by atoms with van der Waals surface area (Å²) in [6.45, 7) is 5.12. The standard InChI is InChI=1S/C16H16F2O4/c1-11(2)16(20)22-7-3-6-21-15(19)5-4-12-8-13(17)10-14(18)9-12/h4-5,8-10H,1,3,6-7H2,2H3/b5-4+. The van der Waals surface area contributed by atoms with Gasteiger partial charge in [-0.15, -0.1) is 0 Å². The number of carbonyl (C=O) groups excluding carboxylic acids is 2. The van der Waals surface area contributed by atoms with Crippen molar-refractivity contribution >= 4 is 18.0 Å². The summed E-state index contributed by atoms with van der Waals surface area (Å²) >= 11 is 0. The van der Waals surface area contributed by atoms with Crippen LogP contribution in [-0.4, -0.2) is 25.2 Å². The van der Waals surface area contributed by atoms with E-state index in [2.05, 4.69) is 6.58 Å². The van der Waals surface area contributed by atoms with Crippen LogP contribution in [0.3, 0.4) is 0 Å². The number of benzene rings is 1. The minimum Gasteiger partial charge on any atom is -0.462 e. The van der Waals surface area contributed by atoms with Gasteiger partial charge in [0.1, 0.15) is 11.6 Å². The normalized spacial score (nSPS) is 10.5. The first-order chi connectivity index (χ1) is 10.4. The lowest BCUT2D eigenvalue weighted by molar-refractivity contribution is -0.140. The molecule has 0 aliphatic carbocycles. The zero-order valence-electron chi connectivity index (χ0n) is 12.1. The second-order valence-electron chi connectivity index (χ2n) is 4.47. The third kappa shape index (κ3) is 6.78. The molecule has 4 nitrogen and oxygen atoms in total. The van der Waals surface area contributed by atoms with E-state index >= 15 is 0 Å². The smallest absolute Gasteiger partial charge is 0.333 e. The third-order valence-corrected chi connectivity index (χ3v) is 2.41. The Morgan fingerprint density at radius 3 is 2.32 bits per heavy atom. The van der Waals surface area contributed by atoms with Gasteiger partial charge in [0.25, 0.3) is 0 Å². The van der Waals surface area contributed by atoms with Gasteiger partial charge in [-0.05, 0) is 30.7 Å². The maximum Gasteiger partial charge on any atom is 0.333 e. The van der Waals surface area contributed by atoms with E-state index in [0.29, 0.717) is 12.0 Å². The highest BCUT2D eigenvalue weighted by molar-refractivity contribution is 5.87. The molecule has 0 aliphatic heterocycles. The monoisotopic (exact) mass is 310 g/mol. The molecule has 0 atom stereocenters. The number of rotatable bonds is 7. The highest BCUT2D eigenvalue weighted by Gasteiger charge is 2.03. The van der Waals surface area contributed by atoms with Gasteiger partial charge in [0.05, 0.1) is 13.2 Å². The van der Waals surface area contributed by atoms with E-state index in [-0.39, 0.29) is 18.8 Å². The van der Waals surface area contributed by atoms with Crippen molar-refractivity contribution in [3.63, 3.8) is 0 Å². The van der Waals surface area contributed by atoms with Gasteiger partial charge in [0.15, 0.2) is 0 Å². The molecule has 0 fully saturated rings. The SMILES string of the molecule is C=C(C)C(=O)OCCCOC(=O)/C=C/c1cc(F)cc(F)c1. The summed E-state index contributed by atoms with van der Waals surface area (Å²) in [5.41, 5.74) is 0.507. The van der Waals surface area contributed by atoms with Crippen molar-refractivity contribution in [2.45, 2.75) is 13.3 Å². The molecule has 0 unspecified atom stereocenters. The second kappa shape index (κ2) is 8.71. The van der Waals surface area contributed by atoms with Crippen molar-refractivity contribution in [2.24, 2.45) is 0 Å². The van der Waals surface area contributed by atoms with E-state index in [9.17, 15) is 18.4 Å². The van der Waals surface area contributed by atoms with Crippen molar-refractivity contribution in [1.82, 2.24) is 0 Å². The molecule has 0 amide bonds. The Balaban J connectivity index is 2.30. The molecule has 1 aromatic rings. The van der Waals surface area contributed by atoms with Crippen LogP contribution in [0.5, 0.6) is 0 Å². The lowest BCUT2D eigenvalue weighted by atomic mass is 10.2. The Morgan fingerprint density at radius 1 is 1.14 bits per heavy atom. The van der Waals surface area contributed by atoms with E-state index in [1.807, 2.05) is 0 Å². The minimum absolute atomic E-state index is 0.0597. The third-order valence-electron chi connectivity index (χ3n) is 2.41. The zero-order valence-corrected chi connectivity index (χ0v) is 12.1. The predicted octanol–water partition coefficient (Wildman–Crippen LogP) is 3.03. The van der Waals surface area contributed by atoms with Crippen molar-refractivity contribution in [3.05, 3.63) is 53.6 Å².